The third kappa shape index (κ3) is 4.70. The first-order valence-electron chi connectivity index (χ1n) is 6.60. The Hall–Kier alpha value is -1.10. The molecule has 0 spiro atoms. The normalized spacial score (nSPS) is 11.0. The van der Waals surface area contributed by atoms with Crippen LogP contribution in [-0.2, 0) is 6.54 Å². The minimum absolute atomic E-state index is 0.324. The van der Waals surface area contributed by atoms with Gasteiger partial charge in [-0.25, -0.2) is 4.39 Å². The quantitative estimate of drug-likeness (QED) is 0.745. The molecule has 0 bridgehead atoms. The average molecular weight is 373 g/mol. The summed E-state index contributed by atoms with van der Waals surface area (Å²) in [5.74, 6) is 0.842. The monoisotopic (exact) mass is 371 g/mol. The lowest BCUT2D eigenvalue weighted by molar-refractivity contribution is 0.479. The molecule has 0 aromatic heterocycles. The van der Waals surface area contributed by atoms with Gasteiger partial charge in [0.25, 0.3) is 0 Å². The van der Waals surface area contributed by atoms with Gasteiger partial charge in [0.05, 0.1) is 4.47 Å². The van der Waals surface area contributed by atoms with Crippen LogP contribution < -0.4 is 10.1 Å². The predicted molar refractivity (Wildman–Crippen MR) is 87.6 cm³/mol. The Labute approximate surface area is 137 Å². The Morgan fingerprint density at radius 1 is 1.19 bits per heavy atom. The van der Waals surface area contributed by atoms with Crippen molar-refractivity contribution in [3.05, 3.63) is 57.3 Å². The van der Waals surface area contributed by atoms with Crippen molar-refractivity contribution in [1.82, 2.24) is 5.32 Å². The van der Waals surface area contributed by atoms with E-state index in [-0.39, 0.29) is 5.82 Å². The molecule has 21 heavy (non-hydrogen) atoms. The molecule has 0 radical (unpaired) electrons. The van der Waals surface area contributed by atoms with Gasteiger partial charge in [0.2, 0.25) is 0 Å². The predicted octanol–water partition coefficient (Wildman–Crippen LogP) is 5.53. The van der Waals surface area contributed by atoms with Crippen LogP contribution in [0.4, 0.5) is 4.39 Å². The van der Waals surface area contributed by atoms with Gasteiger partial charge >= 0.3 is 0 Å². The highest BCUT2D eigenvalue weighted by molar-refractivity contribution is 9.10. The second kappa shape index (κ2) is 7.25. The van der Waals surface area contributed by atoms with Crippen LogP contribution in [0.25, 0.3) is 0 Å². The van der Waals surface area contributed by atoms with E-state index in [0.717, 1.165) is 5.56 Å². The van der Waals surface area contributed by atoms with Crippen molar-refractivity contribution < 1.29 is 9.13 Å². The van der Waals surface area contributed by atoms with Crippen LogP contribution in [0, 0.1) is 5.82 Å². The second-order valence-corrected chi connectivity index (χ2v) is 6.23. The largest absolute Gasteiger partial charge is 0.457 e. The van der Waals surface area contributed by atoms with E-state index < -0.39 is 0 Å². The van der Waals surface area contributed by atoms with Gasteiger partial charge in [0.1, 0.15) is 17.3 Å². The molecule has 0 unspecified atom stereocenters. The minimum atomic E-state index is -0.324. The zero-order chi connectivity index (χ0) is 15.4. The number of rotatable bonds is 5. The molecule has 0 aliphatic carbocycles. The third-order valence-corrected chi connectivity index (χ3v) is 3.81. The van der Waals surface area contributed by atoms with Crippen molar-refractivity contribution in [2.75, 3.05) is 0 Å². The highest BCUT2D eigenvalue weighted by Gasteiger charge is 2.06. The number of hydrogen-bond acceptors (Lipinski definition) is 2. The highest BCUT2D eigenvalue weighted by Crippen LogP contribution is 2.29. The number of benzene rings is 2. The van der Waals surface area contributed by atoms with Gasteiger partial charge < -0.3 is 10.1 Å². The summed E-state index contributed by atoms with van der Waals surface area (Å²) in [6.07, 6.45) is 0. The summed E-state index contributed by atoms with van der Waals surface area (Å²) < 4.78 is 19.2. The Morgan fingerprint density at radius 3 is 2.48 bits per heavy atom. The van der Waals surface area contributed by atoms with Crippen LogP contribution >= 0.6 is 27.5 Å². The second-order valence-electron chi connectivity index (χ2n) is 4.97. The minimum Gasteiger partial charge on any atom is -0.457 e. The molecule has 0 amide bonds. The molecule has 1 N–H and O–H groups in total. The molecule has 0 atom stereocenters. The van der Waals surface area contributed by atoms with E-state index in [9.17, 15) is 4.39 Å². The molecule has 2 rings (SSSR count). The van der Waals surface area contributed by atoms with Crippen LogP contribution in [0.5, 0.6) is 11.5 Å². The van der Waals surface area contributed by atoms with Gasteiger partial charge in [-0.3, -0.25) is 0 Å². The lowest BCUT2D eigenvalue weighted by Crippen LogP contribution is -2.21. The van der Waals surface area contributed by atoms with Crippen LogP contribution in [0.1, 0.15) is 19.4 Å². The molecule has 0 saturated carbocycles. The first-order valence-corrected chi connectivity index (χ1v) is 7.77. The lowest BCUT2D eigenvalue weighted by atomic mass is 10.2. The van der Waals surface area contributed by atoms with Crippen LogP contribution in [0.15, 0.2) is 40.9 Å². The number of nitrogens with one attached hydrogen (secondary N) is 1. The van der Waals surface area contributed by atoms with Gasteiger partial charge in [-0.2, -0.15) is 0 Å². The molecule has 0 heterocycles. The standard InChI is InChI=1S/C16H16BrClFNO/c1-10(2)20-9-11-3-4-13(8-15(11)18)21-12-5-6-16(19)14(17)7-12/h3-8,10,20H,9H2,1-2H3. The third-order valence-electron chi connectivity index (χ3n) is 2.85. The molecular weight excluding hydrogens is 357 g/mol. The molecule has 2 nitrogen and oxygen atoms in total. The SMILES string of the molecule is CC(C)NCc1ccc(Oc2ccc(F)c(Br)c2)cc1Cl. The first-order chi connectivity index (χ1) is 9.95. The van der Waals surface area contributed by atoms with Gasteiger partial charge in [-0.05, 0) is 51.8 Å². The fraction of sp³-hybridized carbons (Fsp3) is 0.250. The van der Waals surface area contributed by atoms with Crippen molar-refractivity contribution in [1.29, 1.82) is 0 Å². The summed E-state index contributed by atoms with van der Waals surface area (Å²) in [6, 6.07) is 10.4. The maximum absolute atomic E-state index is 13.2. The van der Waals surface area contributed by atoms with E-state index in [1.54, 1.807) is 18.2 Å². The lowest BCUT2D eigenvalue weighted by Gasteiger charge is -2.11. The molecule has 2 aromatic carbocycles. The smallest absolute Gasteiger partial charge is 0.137 e. The summed E-state index contributed by atoms with van der Waals surface area (Å²) >= 11 is 9.38. The van der Waals surface area contributed by atoms with Gasteiger partial charge in [0, 0.05) is 17.6 Å². The zero-order valence-corrected chi connectivity index (χ0v) is 14.1. The molecule has 0 saturated heterocycles. The molecule has 0 aliphatic heterocycles. The van der Waals surface area contributed by atoms with Gasteiger partial charge in [-0.15, -0.1) is 0 Å². The summed E-state index contributed by atoms with van der Waals surface area (Å²) in [7, 11) is 0. The van der Waals surface area contributed by atoms with E-state index in [1.807, 2.05) is 12.1 Å². The van der Waals surface area contributed by atoms with Gasteiger partial charge in [-0.1, -0.05) is 31.5 Å². The zero-order valence-electron chi connectivity index (χ0n) is 11.8. The van der Waals surface area contributed by atoms with E-state index in [1.165, 1.54) is 6.07 Å². The average Bonchev–Trinajstić information content (AvgIpc) is 2.42. The molecule has 0 aliphatic rings. The molecular formula is C16H16BrClFNO. The highest BCUT2D eigenvalue weighted by atomic mass is 79.9. The van der Waals surface area contributed by atoms with Crippen LogP contribution in [0.2, 0.25) is 5.02 Å². The Morgan fingerprint density at radius 2 is 1.86 bits per heavy atom. The molecule has 5 heteroatoms. The van der Waals surface area contributed by atoms with E-state index >= 15 is 0 Å². The van der Waals surface area contributed by atoms with Crippen molar-refractivity contribution in [3.63, 3.8) is 0 Å². The van der Waals surface area contributed by atoms with Gasteiger partial charge in [0.15, 0.2) is 0 Å². The number of ether oxygens (including phenoxy) is 1. The van der Waals surface area contributed by atoms with Crippen molar-refractivity contribution >= 4 is 27.5 Å². The molecule has 2 aromatic rings. The molecule has 0 fully saturated rings. The van der Waals surface area contributed by atoms with Crippen molar-refractivity contribution in [2.45, 2.75) is 26.4 Å². The number of halogens is 3. The first kappa shape index (κ1) is 16.3. The Kier molecular flexibility index (Phi) is 5.62. The summed E-state index contributed by atoms with van der Waals surface area (Å²) in [5.41, 5.74) is 1.01. The van der Waals surface area contributed by atoms with E-state index in [2.05, 4.69) is 35.1 Å². The fourth-order valence-electron chi connectivity index (χ4n) is 1.73. The van der Waals surface area contributed by atoms with Crippen LogP contribution in [0.3, 0.4) is 0 Å². The van der Waals surface area contributed by atoms with E-state index in [0.29, 0.717) is 33.6 Å². The number of hydrogen-bond donors (Lipinski definition) is 1. The van der Waals surface area contributed by atoms with E-state index in [4.69, 9.17) is 16.3 Å². The Bertz CT molecular complexity index is 634. The van der Waals surface area contributed by atoms with Crippen LogP contribution in [-0.4, -0.2) is 6.04 Å². The maximum atomic E-state index is 13.2. The van der Waals surface area contributed by atoms with Crippen molar-refractivity contribution in [2.24, 2.45) is 0 Å². The fourth-order valence-corrected chi connectivity index (χ4v) is 2.32. The topological polar surface area (TPSA) is 21.3 Å². The Balaban J connectivity index is 2.10. The summed E-state index contributed by atoms with van der Waals surface area (Å²) in [6.45, 7) is 4.87. The summed E-state index contributed by atoms with van der Waals surface area (Å²) in [4.78, 5) is 0. The maximum Gasteiger partial charge on any atom is 0.137 e. The van der Waals surface area contributed by atoms with Crippen molar-refractivity contribution in [3.8, 4) is 11.5 Å². The molecule has 112 valence electrons. The summed E-state index contributed by atoms with van der Waals surface area (Å²) in [5, 5.41) is 3.95.